The number of hydrogen-bond acceptors (Lipinski definition) is 5. The minimum Gasteiger partial charge on any atom is -0.383 e. The minimum atomic E-state index is -0.855. The fourth-order valence-corrected chi connectivity index (χ4v) is 3.43. The second kappa shape index (κ2) is 9.71. The van der Waals surface area contributed by atoms with Crippen molar-refractivity contribution in [3.63, 3.8) is 0 Å². The number of nitrogen functional groups attached to an aromatic ring is 1. The molecular formula is C21H20BrFN4O4. The topological polar surface area (TPSA) is 110 Å². The van der Waals surface area contributed by atoms with Crippen LogP contribution in [0.4, 0.5) is 15.9 Å². The summed E-state index contributed by atoms with van der Waals surface area (Å²) in [5.74, 6) is -1.77. The average molecular weight is 491 g/mol. The number of H-pyrrole nitrogens is 1. The van der Waals surface area contributed by atoms with E-state index < -0.39 is 23.0 Å². The molecule has 0 saturated heterocycles. The summed E-state index contributed by atoms with van der Waals surface area (Å²) in [4.78, 5) is 41.5. The molecule has 1 amide bonds. The lowest BCUT2D eigenvalue weighted by Gasteiger charge is -2.24. The lowest BCUT2D eigenvalue weighted by Crippen LogP contribution is -2.42. The zero-order chi connectivity index (χ0) is 22.5. The molecule has 2 aromatic carbocycles. The van der Waals surface area contributed by atoms with Crippen LogP contribution in [0.15, 0.2) is 62.6 Å². The van der Waals surface area contributed by atoms with Gasteiger partial charge in [-0.15, -0.1) is 0 Å². The molecule has 31 heavy (non-hydrogen) atoms. The third-order valence-corrected chi connectivity index (χ3v) is 5.08. The van der Waals surface area contributed by atoms with Gasteiger partial charge in [0.2, 0.25) is 0 Å². The Kier molecular flexibility index (Phi) is 7.03. The van der Waals surface area contributed by atoms with Crippen LogP contribution in [0.25, 0.3) is 0 Å². The number of nitrogens with two attached hydrogens (primary N) is 1. The fraction of sp³-hybridized carbons (Fsp3) is 0.190. The maximum Gasteiger partial charge on any atom is 0.330 e. The first-order valence-corrected chi connectivity index (χ1v) is 10.0. The van der Waals surface area contributed by atoms with Crippen LogP contribution in [0.2, 0.25) is 0 Å². The number of nitrogens with zero attached hydrogens (tertiary/aromatic N) is 2. The first kappa shape index (κ1) is 22.4. The van der Waals surface area contributed by atoms with Gasteiger partial charge in [-0.3, -0.25) is 24.0 Å². The summed E-state index contributed by atoms with van der Waals surface area (Å²) >= 11 is 3.21. The van der Waals surface area contributed by atoms with Crippen LogP contribution in [-0.2, 0) is 11.3 Å². The van der Waals surface area contributed by atoms with Crippen molar-refractivity contribution in [3.05, 3.63) is 90.8 Å². The number of methoxy groups -OCH3 is 1. The first-order valence-electron chi connectivity index (χ1n) is 9.26. The standard InChI is InChI=1S/C21H20BrFN4O4/c1-31-10-9-26(20(29)15-11-14(22)7-8-16(15)23)17-18(24)27(21(30)25-19(17)28)12-13-5-3-2-4-6-13/h2-8,11H,9-10,12,24H2,1H3,(H,25,28,30). The molecule has 3 N–H and O–H groups in total. The van der Waals surface area contributed by atoms with E-state index in [0.717, 1.165) is 21.1 Å². The van der Waals surface area contributed by atoms with Gasteiger partial charge in [0.1, 0.15) is 11.6 Å². The highest BCUT2D eigenvalue weighted by Crippen LogP contribution is 2.23. The SMILES string of the molecule is COCCN(C(=O)c1cc(Br)ccc1F)c1c(N)n(Cc2ccccc2)c(=O)[nH]c1=O. The first-order chi connectivity index (χ1) is 14.8. The van der Waals surface area contributed by atoms with Gasteiger partial charge in [0.05, 0.1) is 18.7 Å². The Hall–Kier alpha value is -3.24. The molecular weight excluding hydrogens is 471 g/mol. The molecule has 0 unspecified atom stereocenters. The summed E-state index contributed by atoms with van der Waals surface area (Å²) in [6.07, 6.45) is 0. The highest BCUT2D eigenvalue weighted by Gasteiger charge is 2.27. The van der Waals surface area contributed by atoms with Crippen molar-refractivity contribution in [2.45, 2.75) is 6.54 Å². The zero-order valence-corrected chi connectivity index (χ0v) is 18.2. The molecule has 1 heterocycles. The van der Waals surface area contributed by atoms with Gasteiger partial charge >= 0.3 is 5.69 Å². The lowest BCUT2D eigenvalue weighted by atomic mass is 10.1. The molecule has 1 aromatic heterocycles. The van der Waals surface area contributed by atoms with Crippen molar-refractivity contribution in [1.82, 2.24) is 9.55 Å². The number of anilines is 2. The third kappa shape index (κ3) is 4.92. The van der Waals surface area contributed by atoms with E-state index in [4.69, 9.17) is 10.5 Å². The van der Waals surface area contributed by atoms with Crippen LogP contribution < -0.4 is 21.9 Å². The maximum atomic E-state index is 14.4. The number of nitrogens with one attached hydrogen (secondary N) is 1. The van der Waals surface area contributed by atoms with Gasteiger partial charge in [-0.1, -0.05) is 46.3 Å². The molecule has 0 spiro atoms. The Bertz CT molecular complexity index is 1210. The van der Waals surface area contributed by atoms with Crippen molar-refractivity contribution in [2.24, 2.45) is 0 Å². The summed E-state index contributed by atoms with van der Waals surface area (Å²) in [5, 5.41) is 0. The van der Waals surface area contributed by atoms with Crippen LogP contribution in [0.5, 0.6) is 0 Å². The number of rotatable bonds is 7. The minimum absolute atomic E-state index is 0.0536. The van der Waals surface area contributed by atoms with Crippen molar-refractivity contribution >= 4 is 33.3 Å². The number of aromatic nitrogens is 2. The Morgan fingerprint density at radius 2 is 1.94 bits per heavy atom. The van der Waals surface area contributed by atoms with Crippen LogP contribution in [0.3, 0.4) is 0 Å². The molecule has 0 fully saturated rings. The fourth-order valence-electron chi connectivity index (χ4n) is 3.07. The number of carbonyl (C=O) groups is 1. The van der Waals surface area contributed by atoms with E-state index in [1.165, 1.54) is 19.2 Å². The Labute approximate surface area is 185 Å². The smallest absolute Gasteiger partial charge is 0.330 e. The van der Waals surface area contributed by atoms with Gasteiger partial charge in [-0.05, 0) is 23.8 Å². The van der Waals surface area contributed by atoms with Gasteiger partial charge in [0, 0.05) is 18.1 Å². The molecule has 162 valence electrons. The summed E-state index contributed by atoms with van der Waals surface area (Å²) in [7, 11) is 1.42. The monoisotopic (exact) mass is 490 g/mol. The van der Waals surface area contributed by atoms with Crippen LogP contribution >= 0.6 is 15.9 Å². The maximum absolute atomic E-state index is 14.4. The van der Waals surface area contributed by atoms with E-state index in [-0.39, 0.29) is 36.8 Å². The van der Waals surface area contributed by atoms with E-state index in [1.54, 1.807) is 24.3 Å². The Morgan fingerprint density at radius 3 is 2.61 bits per heavy atom. The van der Waals surface area contributed by atoms with Crippen molar-refractivity contribution in [2.75, 3.05) is 30.9 Å². The van der Waals surface area contributed by atoms with Gasteiger partial charge in [-0.2, -0.15) is 0 Å². The van der Waals surface area contributed by atoms with Crippen LogP contribution in [0, 0.1) is 5.82 Å². The molecule has 0 saturated carbocycles. The molecule has 3 rings (SSSR count). The van der Waals surface area contributed by atoms with Gasteiger partial charge in [0.15, 0.2) is 5.69 Å². The largest absolute Gasteiger partial charge is 0.383 e. The van der Waals surface area contributed by atoms with Crippen molar-refractivity contribution in [1.29, 1.82) is 0 Å². The molecule has 0 atom stereocenters. The second-order valence-electron chi connectivity index (χ2n) is 6.64. The van der Waals surface area contributed by atoms with E-state index in [9.17, 15) is 18.8 Å². The summed E-state index contributed by atoms with van der Waals surface area (Å²) in [6, 6.07) is 12.9. The molecule has 0 bridgehead atoms. The molecule has 8 nitrogen and oxygen atoms in total. The third-order valence-electron chi connectivity index (χ3n) is 4.59. The molecule has 0 aliphatic heterocycles. The highest BCUT2D eigenvalue weighted by molar-refractivity contribution is 9.10. The molecule has 3 aromatic rings. The number of ether oxygens (including phenoxy) is 1. The van der Waals surface area contributed by atoms with Crippen molar-refractivity contribution < 1.29 is 13.9 Å². The number of halogens is 2. The molecule has 0 aliphatic rings. The molecule has 10 heteroatoms. The number of hydrogen-bond donors (Lipinski definition) is 2. The number of aromatic amines is 1. The normalized spacial score (nSPS) is 10.8. The lowest BCUT2D eigenvalue weighted by molar-refractivity contribution is 0.0971. The predicted molar refractivity (Wildman–Crippen MR) is 119 cm³/mol. The second-order valence-corrected chi connectivity index (χ2v) is 7.55. The summed E-state index contributed by atoms with van der Waals surface area (Å²) < 4.78 is 21.1. The van der Waals surface area contributed by atoms with Crippen LogP contribution in [0.1, 0.15) is 15.9 Å². The number of carbonyl (C=O) groups excluding carboxylic acids is 1. The quantitative estimate of drug-likeness (QED) is 0.528. The van der Waals surface area contributed by atoms with Gasteiger partial charge < -0.3 is 10.5 Å². The zero-order valence-electron chi connectivity index (χ0n) is 16.6. The van der Waals surface area contributed by atoms with Gasteiger partial charge in [-0.25, -0.2) is 9.18 Å². The number of benzene rings is 2. The molecule has 0 radical (unpaired) electrons. The van der Waals surface area contributed by atoms with Crippen molar-refractivity contribution in [3.8, 4) is 0 Å². The van der Waals surface area contributed by atoms with E-state index in [2.05, 4.69) is 20.9 Å². The van der Waals surface area contributed by atoms with Gasteiger partial charge in [0.25, 0.3) is 11.5 Å². The van der Waals surface area contributed by atoms with E-state index in [0.29, 0.717) is 4.47 Å². The van der Waals surface area contributed by atoms with E-state index in [1.807, 2.05) is 6.07 Å². The predicted octanol–water partition coefficient (Wildman–Crippen LogP) is 2.36. The summed E-state index contributed by atoms with van der Waals surface area (Å²) in [6.45, 7) is 0.0446. The Balaban J connectivity index is 2.14. The average Bonchev–Trinajstić information content (AvgIpc) is 2.75. The molecule has 0 aliphatic carbocycles. The number of amides is 1. The highest BCUT2D eigenvalue weighted by atomic mass is 79.9. The summed E-state index contributed by atoms with van der Waals surface area (Å²) in [5.41, 5.74) is 4.87. The Morgan fingerprint density at radius 1 is 1.23 bits per heavy atom. The van der Waals surface area contributed by atoms with E-state index >= 15 is 0 Å². The van der Waals surface area contributed by atoms with Crippen LogP contribution in [-0.4, -0.2) is 35.7 Å².